The van der Waals surface area contributed by atoms with Gasteiger partial charge in [-0.2, -0.15) is 0 Å². The second-order valence-corrected chi connectivity index (χ2v) is 11.2. The van der Waals surface area contributed by atoms with E-state index in [0.717, 1.165) is 70.6 Å². The topological polar surface area (TPSA) is 149 Å². The summed E-state index contributed by atoms with van der Waals surface area (Å²) in [6.07, 6.45) is 16.7. The second kappa shape index (κ2) is 24.1. The summed E-state index contributed by atoms with van der Waals surface area (Å²) in [7, 11) is 0. The molecule has 9 heteroatoms. The maximum absolute atomic E-state index is 12.7. The third-order valence-corrected chi connectivity index (χ3v) is 7.56. The van der Waals surface area contributed by atoms with Crippen molar-refractivity contribution in [2.24, 2.45) is 0 Å². The van der Waals surface area contributed by atoms with Crippen molar-refractivity contribution in [2.45, 2.75) is 159 Å². The highest BCUT2D eigenvalue weighted by Gasteiger charge is 2.44. The minimum atomic E-state index is -1.55. The molecule has 0 aromatic carbocycles. The van der Waals surface area contributed by atoms with Gasteiger partial charge in [-0.05, 0) is 38.5 Å². The standard InChI is InChI=1S/C32H59NO8/c1-3-5-7-9-10-11-12-13-14-15-16-17-18-20-22-28(36)33-25(26(35)21-19-8-6-4-2)24-40-32-31(39)30(38)29(37)27(23-34)41-32/h9-10,12-13,25-27,29-32,34-35,37-39H,3-8,11,14-24H2,1-2H3,(H,33,36)/b10-9-,13-12-. The molecule has 1 saturated heterocycles. The zero-order valence-electron chi connectivity index (χ0n) is 25.5. The zero-order valence-corrected chi connectivity index (χ0v) is 25.5. The Morgan fingerprint density at radius 1 is 0.829 bits per heavy atom. The molecule has 0 aromatic heterocycles. The number of carbonyl (C=O) groups excluding carboxylic acids is 1. The van der Waals surface area contributed by atoms with Crippen LogP contribution in [0.15, 0.2) is 24.3 Å². The van der Waals surface area contributed by atoms with Crippen molar-refractivity contribution in [3.63, 3.8) is 0 Å². The third kappa shape index (κ3) is 16.8. The van der Waals surface area contributed by atoms with Gasteiger partial charge in [0.1, 0.15) is 24.4 Å². The monoisotopic (exact) mass is 585 g/mol. The van der Waals surface area contributed by atoms with E-state index in [1.165, 1.54) is 19.3 Å². The maximum atomic E-state index is 12.7. The van der Waals surface area contributed by atoms with Gasteiger partial charge < -0.3 is 40.3 Å². The molecule has 1 amide bonds. The first-order valence-corrected chi connectivity index (χ1v) is 16.0. The first kappa shape index (κ1) is 37.7. The lowest BCUT2D eigenvalue weighted by atomic mass is 9.99. The van der Waals surface area contributed by atoms with E-state index in [0.29, 0.717) is 12.8 Å². The number of hydrogen-bond acceptors (Lipinski definition) is 8. The van der Waals surface area contributed by atoms with Gasteiger partial charge in [-0.1, -0.05) is 95.9 Å². The van der Waals surface area contributed by atoms with Crippen molar-refractivity contribution in [2.75, 3.05) is 13.2 Å². The van der Waals surface area contributed by atoms with E-state index >= 15 is 0 Å². The predicted octanol–water partition coefficient (Wildman–Crippen LogP) is 4.04. The fourth-order valence-corrected chi connectivity index (χ4v) is 4.82. The van der Waals surface area contributed by atoms with Crippen LogP contribution < -0.4 is 5.32 Å². The molecule has 1 fully saturated rings. The van der Waals surface area contributed by atoms with Crippen LogP contribution in [0.25, 0.3) is 0 Å². The average Bonchev–Trinajstić information content (AvgIpc) is 2.97. The highest BCUT2D eigenvalue weighted by Crippen LogP contribution is 2.22. The fraction of sp³-hybridized carbons (Fsp3) is 0.844. The highest BCUT2D eigenvalue weighted by atomic mass is 16.7. The molecule has 1 rings (SSSR count). The van der Waals surface area contributed by atoms with Crippen LogP contribution in [-0.4, -0.2) is 87.5 Å². The van der Waals surface area contributed by atoms with Gasteiger partial charge in [0.15, 0.2) is 6.29 Å². The molecule has 7 unspecified atom stereocenters. The summed E-state index contributed by atoms with van der Waals surface area (Å²) in [5.41, 5.74) is 0. The van der Waals surface area contributed by atoms with Gasteiger partial charge in [-0.3, -0.25) is 4.79 Å². The van der Waals surface area contributed by atoms with Crippen LogP contribution in [0.4, 0.5) is 0 Å². The molecule has 0 bridgehead atoms. The minimum Gasteiger partial charge on any atom is -0.394 e. The molecule has 0 saturated carbocycles. The molecule has 7 atom stereocenters. The molecule has 0 aliphatic carbocycles. The van der Waals surface area contributed by atoms with Gasteiger partial charge in [0.25, 0.3) is 0 Å². The molecule has 6 N–H and O–H groups in total. The first-order valence-electron chi connectivity index (χ1n) is 16.0. The van der Waals surface area contributed by atoms with E-state index in [1.54, 1.807) is 0 Å². The number of carbonyl (C=O) groups is 1. The molecule has 240 valence electrons. The van der Waals surface area contributed by atoms with Crippen LogP contribution in [0, 0.1) is 0 Å². The van der Waals surface area contributed by atoms with Crippen molar-refractivity contribution >= 4 is 5.91 Å². The van der Waals surface area contributed by atoms with Crippen LogP contribution in [0.1, 0.15) is 117 Å². The van der Waals surface area contributed by atoms with Crippen LogP contribution in [0.3, 0.4) is 0 Å². The minimum absolute atomic E-state index is 0.147. The Labute approximate surface area is 248 Å². The molecule has 41 heavy (non-hydrogen) atoms. The van der Waals surface area contributed by atoms with E-state index in [9.17, 15) is 30.3 Å². The number of rotatable bonds is 24. The number of allylic oxidation sites excluding steroid dienone is 4. The molecule has 0 spiro atoms. The number of ether oxygens (including phenoxy) is 2. The summed E-state index contributed by atoms with van der Waals surface area (Å²) >= 11 is 0. The second-order valence-electron chi connectivity index (χ2n) is 11.2. The Kier molecular flexibility index (Phi) is 22.2. The molecule has 9 nitrogen and oxygen atoms in total. The number of nitrogens with one attached hydrogen (secondary N) is 1. The third-order valence-electron chi connectivity index (χ3n) is 7.56. The van der Waals surface area contributed by atoms with Gasteiger partial charge in [0.2, 0.25) is 5.91 Å². The lowest BCUT2D eigenvalue weighted by molar-refractivity contribution is -0.302. The molecule has 1 aliphatic heterocycles. The van der Waals surface area contributed by atoms with Crippen LogP contribution >= 0.6 is 0 Å². The SMILES string of the molecule is CCCC/C=C\C/C=C\CCCCCCCC(=O)NC(COC1OC(CO)C(O)C(O)C1O)C(O)CCCCCC. The molecule has 1 heterocycles. The molecule has 0 aromatic rings. The molecular formula is C32H59NO8. The Hall–Kier alpha value is -1.33. The Morgan fingerprint density at radius 2 is 1.46 bits per heavy atom. The Morgan fingerprint density at radius 3 is 2.15 bits per heavy atom. The first-order chi connectivity index (χ1) is 19.8. The summed E-state index contributed by atoms with van der Waals surface area (Å²) in [5, 5.41) is 53.3. The van der Waals surface area contributed by atoms with Gasteiger partial charge in [-0.15, -0.1) is 0 Å². The van der Waals surface area contributed by atoms with E-state index in [2.05, 4.69) is 43.5 Å². The summed E-state index contributed by atoms with van der Waals surface area (Å²) in [4.78, 5) is 12.7. The smallest absolute Gasteiger partial charge is 0.220 e. The van der Waals surface area contributed by atoms with Crippen molar-refractivity contribution in [1.29, 1.82) is 0 Å². The average molecular weight is 586 g/mol. The quantitative estimate of drug-likeness (QED) is 0.0734. The predicted molar refractivity (Wildman–Crippen MR) is 161 cm³/mol. The van der Waals surface area contributed by atoms with Gasteiger partial charge in [0.05, 0.1) is 25.4 Å². The fourth-order valence-electron chi connectivity index (χ4n) is 4.82. The Bertz CT molecular complexity index is 701. The summed E-state index contributed by atoms with van der Waals surface area (Å²) < 4.78 is 11.0. The lowest BCUT2D eigenvalue weighted by Crippen LogP contribution is -2.60. The number of aliphatic hydroxyl groups is 5. The number of aliphatic hydroxyl groups excluding tert-OH is 5. The summed E-state index contributed by atoms with van der Waals surface area (Å²) in [5.74, 6) is -0.171. The van der Waals surface area contributed by atoms with Crippen molar-refractivity contribution < 1.29 is 39.8 Å². The van der Waals surface area contributed by atoms with E-state index in [1.807, 2.05) is 0 Å². The summed E-state index contributed by atoms with van der Waals surface area (Å²) in [6, 6.07) is -0.718. The normalized spacial score (nSPS) is 24.7. The van der Waals surface area contributed by atoms with Crippen molar-refractivity contribution in [3.05, 3.63) is 24.3 Å². The zero-order chi connectivity index (χ0) is 30.3. The largest absolute Gasteiger partial charge is 0.394 e. The maximum Gasteiger partial charge on any atom is 0.220 e. The van der Waals surface area contributed by atoms with Crippen LogP contribution in [0.5, 0.6) is 0 Å². The van der Waals surface area contributed by atoms with E-state index in [-0.39, 0.29) is 12.5 Å². The number of amides is 1. The van der Waals surface area contributed by atoms with Gasteiger partial charge in [0, 0.05) is 6.42 Å². The van der Waals surface area contributed by atoms with Crippen LogP contribution in [0.2, 0.25) is 0 Å². The van der Waals surface area contributed by atoms with Crippen LogP contribution in [-0.2, 0) is 14.3 Å². The summed E-state index contributed by atoms with van der Waals surface area (Å²) in [6.45, 7) is 3.61. The molecular weight excluding hydrogens is 526 g/mol. The van der Waals surface area contributed by atoms with Crippen molar-refractivity contribution in [3.8, 4) is 0 Å². The van der Waals surface area contributed by atoms with Gasteiger partial charge in [-0.25, -0.2) is 0 Å². The van der Waals surface area contributed by atoms with Crippen molar-refractivity contribution in [1.82, 2.24) is 5.32 Å². The highest BCUT2D eigenvalue weighted by molar-refractivity contribution is 5.76. The number of hydrogen-bond donors (Lipinski definition) is 6. The van der Waals surface area contributed by atoms with Gasteiger partial charge >= 0.3 is 0 Å². The Balaban J connectivity index is 2.40. The lowest BCUT2D eigenvalue weighted by Gasteiger charge is -2.40. The molecule has 1 aliphatic rings. The molecule has 0 radical (unpaired) electrons. The number of unbranched alkanes of at least 4 members (excludes halogenated alkanes) is 10. The van der Waals surface area contributed by atoms with E-state index < -0.39 is 49.5 Å². The van der Waals surface area contributed by atoms with E-state index in [4.69, 9.17) is 9.47 Å².